The smallest absolute Gasteiger partial charge is 0.303 e. The molecule has 0 radical (unpaired) electrons. The van der Waals surface area contributed by atoms with E-state index in [9.17, 15) is 4.79 Å². The lowest BCUT2D eigenvalue weighted by molar-refractivity contribution is -0.137. The highest BCUT2D eigenvalue weighted by Gasteiger charge is 1.97. The third-order valence-corrected chi connectivity index (χ3v) is 5.15. The Kier molecular flexibility index (Phi) is 21.6. The second kappa shape index (κ2) is 22.3. The van der Waals surface area contributed by atoms with E-state index in [1.807, 2.05) is 0 Å². The van der Waals surface area contributed by atoms with Gasteiger partial charge in [-0.15, -0.1) is 0 Å². The van der Waals surface area contributed by atoms with Gasteiger partial charge < -0.3 is 5.11 Å². The van der Waals surface area contributed by atoms with Crippen molar-refractivity contribution in [3.63, 3.8) is 0 Å². The number of aliphatic carboxylic acids is 1. The molecule has 0 aliphatic rings. The first-order valence-electron chi connectivity index (χ1n) is 11.6. The van der Waals surface area contributed by atoms with E-state index < -0.39 is 5.97 Å². The van der Waals surface area contributed by atoms with E-state index in [-0.39, 0.29) is 0 Å². The van der Waals surface area contributed by atoms with E-state index in [2.05, 4.69) is 19.1 Å². The van der Waals surface area contributed by atoms with Gasteiger partial charge in [0.05, 0.1) is 0 Å². The fourth-order valence-electron chi connectivity index (χ4n) is 3.41. The number of rotatable bonds is 21. The van der Waals surface area contributed by atoms with Gasteiger partial charge in [0.15, 0.2) is 0 Å². The number of carbonyl (C=O) groups is 1. The predicted molar refractivity (Wildman–Crippen MR) is 115 cm³/mol. The second-order valence-corrected chi connectivity index (χ2v) is 7.85. The van der Waals surface area contributed by atoms with Crippen LogP contribution in [0.15, 0.2) is 12.2 Å². The molecule has 26 heavy (non-hydrogen) atoms. The Balaban J connectivity index is 3.05. The molecule has 2 heteroatoms. The van der Waals surface area contributed by atoms with Crippen molar-refractivity contribution in [2.24, 2.45) is 0 Å². The average Bonchev–Trinajstić information content (AvgIpc) is 2.62. The molecule has 0 aromatic carbocycles. The van der Waals surface area contributed by atoms with Crippen LogP contribution in [0.5, 0.6) is 0 Å². The van der Waals surface area contributed by atoms with Gasteiger partial charge in [-0.2, -0.15) is 0 Å². The zero-order valence-corrected chi connectivity index (χ0v) is 17.7. The molecule has 0 amide bonds. The summed E-state index contributed by atoms with van der Waals surface area (Å²) in [4.78, 5) is 10.4. The highest BCUT2D eigenvalue weighted by atomic mass is 16.4. The average molecular weight is 367 g/mol. The van der Waals surface area contributed by atoms with Gasteiger partial charge in [-0.05, 0) is 32.1 Å². The second-order valence-electron chi connectivity index (χ2n) is 7.85. The summed E-state index contributed by atoms with van der Waals surface area (Å²) in [5.41, 5.74) is 0. The summed E-state index contributed by atoms with van der Waals surface area (Å²) >= 11 is 0. The van der Waals surface area contributed by atoms with Crippen molar-refractivity contribution >= 4 is 5.97 Å². The number of hydrogen-bond donors (Lipinski definition) is 1. The molecule has 0 heterocycles. The minimum absolute atomic E-state index is 0.343. The van der Waals surface area contributed by atoms with Gasteiger partial charge in [0.25, 0.3) is 0 Å². The first-order chi connectivity index (χ1) is 12.8. The molecule has 1 N–H and O–H groups in total. The van der Waals surface area contributed by atoms with Crippen molar-refractivity contribution in [1.29, 1.82) is 0 Å². The SMILES string of the molecule is CCCCCC/C=C\CCCCCCCCCCCCCCCC(=O)O. The summed E-state index contributed by atoms with van der Waals surface area (Å²) in [6.45, 7) is 2.27. The largest absolute Gasteiger partial charge is 0.481 e. The molecule has 154 valence electrons. The zero-order valence-electron chi connectivity index (χ0n) is 17.7. The van der Waals surface area contributed by atoms with Crippen LogP contribution in [0.1, 0.15) is 135 Å². The van der Waals surface area contributed by atoms with Crippen LogP contribution in [0.2, 0.25) is 0 Å². The van der Waals surface area contributed by atoms with Gasteiger partial charge >= 0.3 is 5.97 Å². The van der Waals surface area contributed by atoms with Gasteiger partial charge in [-0.3, -0.25) is 4.79 Å². The van der Waals surface area contributed by atoms with Crippen molar-refractivity contribution in [3.8, 4) is 0 Å². The van der Waals surface area contributed by atoms with E-state index >= 15 is 0 Å². The molecule has 2 nitrogen and oxygen atoms in total. The van der Waals surface area contributed by atoms with Gasteiger partial charge in [0.1, 0.15) is 0 Å². The normalized spacial score (nSPS) is 11.4. The monoisotopic (exact) mass is 366 g/mol. The molecular formula is C24H46O2. The summed E-state index contributed by atoms with van der Waals surface area (Å²) in [7, 11) is 0. The molecule has 0 saturated carbocycles. The third-order valence-electron chi connectivity index (χ3n) is 5.15. The molecule has 0 rings (SSSR count). The van der Waals surface area contributed by atoms with Crippen LogP contribution < -0.4 is 0 Å². The molecule has 0 aromatic rings. The first-order valence-corrected chi connectivity index (χ1v) is 11.6. The van der Waals surface area contributed by atoms with E-state index in [1.54, 1.807) is 0 Å². The molecular weight excluding hydrogens is 320 g/mol. The van der Waals surface area contributed by atoms with Crippen molar-refractivity contribution in [2.75, 3.05) is 0 Å². The molecule has 0 bridgehead atoms. The number of hydrogen-bond acceptors (Lipinski definition) is 1. The first kappa shape index (κ1) is 25.2. The molecule has 0 aliphatic carbocycles. The van der Waals surface area contributed by atoms with Gasteiger partial charge in [-0.25, -0.2) is 0 Å². The summed E-state index contributed by atoms with van der Waals surface area (Å²) < 4.78 is 0. The zero-order chi connectivity index (χ0) is 19.1. The lowest BCUT2D eigenvalue weighted by Gasteiger charge is -2.03. The number of carboxylic acids is 1. The molecule has 0 atom stereocenters. The molecule has 0 spiro atoms. The van der Waals surface area contributed by atoms with E-state index in [4.69, 9.17) is 5.11 Å². The molecule has 0 unspecified atom stereocenters. The highest BCUT2D eigenvalue weighted by Crippen LogP contribution is 2.13. The molecule has 0 aliphatic heterocycles. The van der Waals surface area contributed by atoms with Crippen LogP contribution in [-0.2, 0) is 4.79 Å². The van der Waals surface area contributed by atoms with Gasteiger partial charge in [-0.1, -0.05) is 109 Å². The minimum atomic E-state index is -0.653. The van der Waals surface area contributed by atoms with Crippen molar-refractivity contribution in [1.82, 2.24) is 0 Å². The highest BCUT2D eigenvalue weighted by molar-refractivity contribution is 5.66. The van der Waals surface area contributed by atoms with Gasteiger partial charge in [0.2, 0.25) is 0 Å². The Bertz CT molecular complexity index is 309. The van der Waals surface area contributed by atoms with Crippen LogP contribution in [0.4, 0.5) is 0 Å². The fourth-order valence-corrected chi connectivity index (χ4v) is 3.41. The summed E-state index contributed by atoms with van der Waals surface area (Å²) in [6, 6.07) is 0. The topological polar surface area (TPSA) is 37.3 Å². The van der Waals surface area contributed by atoms with Crippen molar-refractivity contribution < 1.29 is 9.90 Å². The Morgan fingerprint density at radius 2 is 0.923 bits per heavy atom. The van der Waals surface area contributed by atoms with E-state index in [0.717, 1.165) is 12.8 Å². The number of unbranched alkanes of at least 4 members (excludes halogenated alkanes) is 17. The number of allylic oxidation sites excluding steroid dienone is 2. The lowest BCUT2D eigenvalue weighted by atomic mass is 10.0. The molecule has 0 aromatic heterocycles. The Morgan fingerprint density at radius 1 is 0.577 bits per heavy atom. The molecule has 0 fully saturated rings. The van der Waals surface area contributed by atoms with Crippen LogP contribution in [-0.4, -0.2) is 11.1 Å². The number of carboxylic acid groups (broad SMARTS) is 1. The third kappa shape index (κ3) is 23.2. The Labute approximate surface area is 163 Å². The fraction of sp³-hybridized carbons (Fsp3) is 0.875. The van der Waals surface area contributed by atoms with Gasteiger partial charge in [0, 0.05) is 6.42 Å². The van der Waals surface area contributed by atoms with Crippen LogP contribution in [0, 0.1) is 0 Å². The minimum Gasteiger partial charge on any atom is -0.481 e. The van der Waals surface area contributed by atoms with E-state index in [0.29, 0.717) is 6.42 Å². The Hall–Kier alpha value is -0.790. The maximum Gasteiger partial charge on any atom is 0.303 e. The Morgan fingerprint density at radius 3 is 1.31 bits per heavy atom. The maximum absolute atomic E-state index is 10.4. The van der Waals surface area contributed by atoms with Crippen LogP contribution in [0.25, 0.3) is 0 Å². The lowest BCUT2D eigenvalue weighted by Crippen LogP contribution is -1.93. The van der Waals surface area contributed by atoms with Crippen LogP contribution >= 0.6 is 0 Å². The quantitative estimate of drug-likeness (QED) is 0.163. The van der Waals surface area contributed by atoms with Crippen molar-refractivity contribution in [2.45, 2.75) is 135 Å². The summed E-state index contributed by atoms with van der Waals surface area (Å²) in [5, 5.41) is 8.57. The standard InChI is InChI=1S/C24H46O2/c1-2-3-4-5-6-7-8-9-10-11-12-13-14-15-16-17-18-19-20-21-22-23-24(25)26/h7-8H,2-6,9-23H2,1H3,(H,25,26)/b8-7-. The summed E-state index contributed by atoms with van der Waals surface area (Å²) in [6.07, 6.45) is 30.1. The predicted octanol–water partition coefficient (Wildman–Crippen LogP) is 8.45. The van der Waals surface area contributed by atoms with Crippen LogP contribution in [0.3, 0.4) is 0 Å². The van der Waals surface area contributed by atoms with Crippen molar-refractivity contribution in [3.05, 3.63) is 12.2 Å². The maximum atomic E-state index is 10.4. The summed E-state index contributed by atoms with van der Waals surface area (Å²) in [5.74, 6) is -0.653. The molecule has 0 saturated heterocycles. The van der Waals surface area contributed by atoms with E-state index in [1.165, 1.54) is 109 Å².